The van der Waals surface area contributed by atoms with E-state index in [0.29, 0.717) is 5.02 Å². The molecule has 0 aromatic heterocycles. The van der Waals surface area contributed by atoms with Crippen molar-refractivity contribution < 1.29 is 4.57 Å². The standard InChI is InChI=1S/C18H14ClOPS/c19-15-11-13-18(14-12-15)22-21(20,16-7-3-1-4-8-16)17-9-5-2-6-10-17/h1-14H. The molecule has 0 saturated heterocycles. The summed E-state index contributed by atoms with van der Waals surface area (Å²) >= 11 is 7.34. The Labute approximate surface area is 139 Å². The lowest BCUT2D eigenvalue weighted by Crippen LogP contribution is -2.13. The summed E-state index contributed by atoms with van der Waals surface area (Å²) in [7, 11) is 0. The molecule has 22 heavy (non-hydrogen) atoms. The highest BCUT2D eigenvalue weighted by Gasteiger charge is 2.28. The highest BCUT2D eigenvalue weighted by molar-refractivity contribution is 8.62. The van der Waals surface area contributed by atoms with E-state index < -0.39 is 6.34 Å². The molecule has 0 saturated carbocycles. The lowest BCUT2D eigenvalue weighted by atomic mass is 10.4. The second-order valence-corrected chi connectivity index (χ2v) is 10.1. The average molecular weight is 345 g/mol. The molecule has 3 aromatic carbocycles. The molecule has 0 fully saturated rings. The van der Waals surface area contributed by atoms with Gasteiger partial charge in [-0.1, -0.05) is 83.6 Å². The molecular formula is C18H14ClOPS. The Morgan fingerprint density at radius 1 is 0.682 bits per heavy atom. The summed E-state index contributed by atoms with van der Waals surface area (Å²) < 4.78 is 13.8. The van der Waals surface area contributed by atoms with Gasteiger partial charge >= 0.3 is 0 Å². The van der Waals surface area contributed by atoms with E-state index in [2.05, 4.69) is 0 Å². The summed E-state index contributed by atoms with van der Waals surface area (Å²) in [5.41, 5.74) is 0. The highest BCUT2D eigenvalue weighted by Crippen LogP contribution is 2.59. The first-order chi connectivity index (χ1) is 10.7. The van der Waals surface area contributed by atoms with Gasteiger partial charge in [-0.25, -0.2) is 0 Å². The fourth-order valence-electron chi connectivity index (χ4n) is 2.15. The summed E-state index contributed by atoms with van der Waals surface area (Å²) in [6, 6.07) is 26.7. The van der Waals surface area contributed by atoms with Gasteiger partial charge in [-0.2, -0.15) is 0 Å². The van der Waals surface area contributed by atoms with Gasteiger partial charge in [0.25, 0.3) is 0 Å². The average Bonchev–Trinajstić information content (AvgIpc) is 2.58. The van der Waals surface area contributed by atoms with Crippen LogP contribution in [0.3, 0.4) is 0 Å². The Balaban J connectivity index is 2.08. The van der Waals surface area contributed by atoms with Crippen molar-refractivity contribution in [2.24, 2.45) is 0 Å². The topological polar surface area (TPSA) is 17.1 Å². The molecule has 0 atom stereocenters. The first-order valence-electron chi connectivity index (χ1n) is 6.85. The zero-order valence-electron chi connectivity index (χ0n) is 11.7. The molecule has 0 unspecified atom stereocenters. The highest BCUT2D eigenvalue weighted by atomic mass is 35.5. The van der Waals surface area contributed by atoms with Crippen LogP contribution in [0.2, 0.25) is 5.02 Å². The van der Waals surface area contributed by atoms with E-state index in [0.717, 1.165) is 15.5 Å². The Hall–Kier alpha value is -1.47. The fraction of sp³-hybridized carbons (Fsp3) is 0. The van der Waals surface area contributed by atoms with Crippen LogP contribution in [0.15, 0.2) is 89.8 Å². The van der Waals surface area contributed by atoms with E-state index in [4.69, 9.17) is 11.6 Å². The molecule has 1 nitrogen and oxygen atoms in total. The minimum Gasteiger partial charge on any atom is -0.302 e. The van der Waals surface area contributed by atoms with Crippen LogP contribution in [0.1, 0.15) is 0 Å². The van der Waals surface area contributed by atoms with E-state index >= 15 is 0 Å². The lowest BCUT2D eigenvalue weighted by molar-refractivity contribution is 0.595. The summed E-state index contributed by atoms with van der Waals surface area (Å²) in [6.45, 7) is 0. The SMILES string of the molecule is O=P(Sc1ccc(Cl)cc1)(c1ccccc1)c1ccccc1. The van der Waals surface area contributed by atoms with Crippen LogP contribution in [0.25, 0.3) is 0 Å². The normalized spacial score (nSPS) is 11.3. The molecule has 0 spiro atoms. The summed E-state index contributed by atoms with van der Waals surface area (Å²) in [4.78, 5) is 0.945. The first-order valence-corrected chi connectivity index (χ1v) is 10.4. The van der Waals surface area contributed by atoms with Gasteiger partial charge < -0.3 is 4.57 Å². The van der Waals surface area contributed by atoms with Crippen LogP contribution in [0, 0.1) is 0 Å². The van der Waals surface area contributed by atoms with E-state index in [9.17, 15) is 4.57 Å². The maximum Gasteiger partial charge on any atom is 0.199 e. The van der Waals surface area contributed by atoms with Crippen molar-refractivity contribution in [3.8, 4) is 0 Å². The van der Waals surface area contributed by atoms with Crippen molar-refractivity contribution in [2.75, 3.05) is 0 Å². The van der Waals surface area contributed by atoms with Crippen molar-refractivity contribution in [2.45, 2.75) is 4.90 Å². The van der Waals surface area contributed by atoms with Gasteiger partial charge in [0.15, 0.2) is 6.34 Å². The zero-order chi connectivity index (χ0) is 15.4. The second-order valence-electron chi connectivity index (χ2n) is 4.77. The molecule has 0 aliphatic carbocycles. The summed E-state index contributed by atoms with van der Waals surface area (Å²) in [6.07, 6.45) is -2.79. The minimum atomic E-state index is -2.79. The molecule has 0 aliphatic heterocycles. The third kappa shape index (κ3) is 3.30. The van der Waals surface area contributed by atoms with Crippen molar-refractivity contribution >= 4 is 39.9 Å². The van der Waals surface area contributed by atoms with Gasteiger partial charge in [-0.3, -0.25) is 0 Å². The Morgan fingerprint density at radius 3 is 1.59 bits per heavy atom. The van der Waals surface area contributed by atoms with Crippen molar-refractivity contribution in [3.63, 3.8) is 0 Å². The largest absolute Gasteiger partial charge is 0.302 e. The molecule has 3 aromatic rings. The van der Waals surface area contributed by atoms with Crippen LogP contribution < -0.4 is 10.6 Å². The number of hydrogen-bond donors (Lipinski definition) is 0. The number of halogens is 1. The molecular weight excluding hydrogens is 331 g/mol. The fourth-order valence-corrected chi connectivity index (χ4v) is 7.08. The first kappa shape index (κ1) is 15.4. The van der Waals surface area contributed by atoms with Crippen molar-refractivity contribution in [1.29, 1.82) is 0 Å². The molecule has 0 amide bonds. The molecule has 3 rings (SSSR count). The van der Waals surface area contributed by atoms with Crippen LogP contribution >= 0.6 is 29.3 Å². The second kappa shape index (κ2) is 6.75. The smallest absolute Gasteiger partial charge is 0.199 e. The summed E-state index contributed by atoms with van der Waals surface area (Å²) in [5, 5.41) is 2.38. The monoisotopic (exact) mass is 344 g/mol. The maximum atomic E-state index is 13.8. The zero-order valence-corrected chi connectivity index (χ0v) is 14.2. The molecule has 0 aliphatic rings. The van der Waals surface area contributed by atoms with E-state index in [1.54, 1.807) is 0 Å². The lowest BCUT2D eigenvalue weighted by Gasteiger charge is -2.18. The maximum absolute atomic E-state index is 13.8. The van der Waals surface area contributed by atoms with Crippen LogP contribution in [0.5, 0.6) is 0 Å². The van der Waals surface area contributed by atoms with Crippen LogP contribution in [0.4, 0.5) is 0 Å². The van der Waals surface area contributed by atoms with Gasteiger partial charge in [0.05, 0.1) is 0 Å². The summed E-state index contributed by atoms with van der Waals surface area (Å²) in [5.74, 6) is 0. The Kier molecular flexibility index (Phi) is 4.73. The van der Waals surface area contributed by atoms with Crippen molar-refractivity contribution in [1.82, 2.24) is 0 Å². The third-order valence-corrected chi connectivity index (χ3v) is 8.86. The number of benzene rings is 3. The predicted octanol–water partition coefficient (Wildman–Crippen LogP) is 5.36. The van der Waals surface area contributed by atoms with Gasteiger partial charge in [0.2, 0.25) is 0 Å². The molecule has 0 radical (unpaired) electrons. The van der Waals surface area contributed by atoms with E-state index in [1.165, 1.54) is 11.4 Å². The van der Waals surface area contributed by atoms with Crippen LogP contribution in [-0.4, -0.2) is 0 Å². The van der Waals surface area contributed by atoms with Gasteiger partial charge in [-0.05, 0) is 24.3 Å². The molecule has 0 bridgehead atoms. The van der Waals surface area contributed by atoms with Gasteiger partial charge in [0, 0.05) is 20.5 Å². The van der Waals surface area contributed by atoms with Crippen molar-refractivity contribution in [3.05, 3.63) is 90.0 Å². The Bertz CT molecular complexity index is 745. The third-order valence-electron chi connectivity index (χ3n) is 3.24. The van der Waals surface area contributed by atoms with Gasteiger partial charge in [-0.15, -0.1) is 0 Å². The molecule has 4 heteroatoms. The number of rotatable bonds is 4. The van der Waals surface area contributed by atoms with E-state index in [1.807, 2.05) is 84.9 Å². The number of hydrogen-bond acceptors (Lipinski definition) is 2. The minimum absolute atomic E-state index is 0.679. The molecule has 110 valence electrons. The van der Waals surface area contributed by atoms with Crippen LogP contribution in [-0.2, 0) is 4.57 Å². The molecule has 0 heterocycles. The van der Waals surface area contributed by atoms with Gasteiger partial charge in [0.1, 0.15) is 0 Å². The van der Waals surface area contributed by atoms with E-state index in [-0.39, 0.29) is 0 Å². The molecule has 0 N–H and O–H groups in total. The predicted molar refractivity (Wildman–Crippen MR) is 97.1 cm³/mol. The quantitative estimate of drug-likeness (QED) is 0.592. The Morgan fingerprint density at radius 2 is 1.14 bits per heavy atom.